The van der Waals surface area contributed by atoms with Crippen molar-refractivity contribution < 1.29 is 62.0 Å². The van der Waals surface area contributed by atoms with E-state index in [1.807, 2.05) is 78.1 Å². The second-order valence-corrected chi connectivity index (χ2v) is 21.0. The van der Waals surface area contributed by atoms with Crippen LogP contribution in [-0.2, 0) is 25.7 Å². The molecule has 7 aliphatic heterocycles. The third kappa shape index (κ3) is 16.0. The Bertz CT molecular complexity index is 3310. The third-order valence-corrected chi connectivity index (χ3v) is 15.2. The number of hydrogen-bond donors (Lipinski definition) is 0. The number of fused-ring (bicyclic) bond motifs is 4. The Morgan fingerprint density at radius 2 is 1.09 bits per heavy atom. The summed E-state index contributed by atoms with van der Waals surface area (Å²) in [5.41, 5.74) is 6.92. The molecule has 7 aliphatic rings. The van der Waals surface area contributed by atoms with Crippen molar-refractivity contribution in [2.75, 3.05) is 66.8 Å². The zero-order valence-corrected chi connectivity index (χ0v) is 48.5. The van der Waals surface area contributed by atoms with E-state index in [2.05, 4.69) is 9.97 Å². The number of likely N-dealkylation sites (tertiary alicyclic amines) is 4. The fraction of sp³-hybridized carbons (Fsp3) is 0.385. The molecule has 0 radical (unpaired) electrons. The summed E-state index contributed by atoms with van der Waals surface area (Å²) < 4.78 is 26.3. The maximum Gasteiger partial charge on any atom is 0.260 e. The average Bonchev–Trinajstić information content (AvgIpc) is 3.69. The molecule has 1 unspecified atom stereocenters. The van der Waals surface area contributed by atoms with E-state index in [9.17, 15) is 33.6 Å². The second-order valence-electron chi connectivity index (χ2n) is 21.0. The summed E-state index contributed by atoms with van der Waals surface area (Å²) in [6.45, 7) is 10.2. The van der Waals surface area contributed by atoms with E-state index in [0.717, 1.165) is 112 Å². The van der Waals surface area contributed by atoms with Crippen molar-refractivity contribution in [3.8, 4) is 23.0 Å². The molecule has 0 bridgehead atoms. The number of methoxy groups -OCH3 is 2. The maximum absolute atomic E-state index is 12.3. The molecule has 0 aliphatic carbocycles. The SMILES string of the molecule is C=O.COCc1cccc(C(=O)N2CCCCC2)c1.COc1ccc(C(=O)N2CCCC2=O)cc1.Cc1ccc(C(=O)N2CCCCC2)cc1.O=C1CCCN1C(=O)c1ccc2c(c1)OCO2.O=C1c2cc3nccnc3cc2OC2CCCN12. The van der Waals surface area contributed by atoms with Gasteiger partial charge in [-0.1, -0.05) is 29.8 Å². The van der Waals surface area contributed by atoms with Crippen molar-refractivity contribution in [3.05, 3.63) is 154 Å². The van der Waals surface area contributed by atoms with Crippen molar-refractivity contribution in [1.29, 1.82) is 0 Å². The number of carbonyl (C=O) groups excluding carboxylic acids is 8. The predicted molar refractivity (Wildman–Crippen MR) is 315 cm³/mol. The first kappa shape index (κ1) is 62.0. The van der Waals surface area contributed by atoms with Crippen LogP contribution in [0.15, 0.2) is 116 Å². The highest BCUT2D eigenvalue weighted by atomic mass is 16.7. The highest BCUT2D eigenvalue weighted by Crippen LogP contribution is 2.35. The minimum absolute atomic E-state index is 0.0475. The van der Waals surface area contributed by atoms with Gasteiger partial charge in [0.2, 0.25) is 18.6 Å². The number of rotatable bonds is 7. The van der Waals surface area contributed by atoms with Crippen LogP contribution in [-0.4, -0.2) is 156 Å². The normalized spacial score (nSPS) is 17.1. The van der Waals surface area contributed by atoms with Gasteiger partial charge in [-0.15, -0.1) is 0 Å². The van der Waals surface area contributed by atoms with Gasteiger partial charge in [0, 0.05) is 113 Å². The quantitative estimate of drug-likeness (QED) is 0.136. The molecule has 5 aromatic carbocycles. The van der Waals surface area contributed by atoms with E-state index >= 15 is 0 Å². The molecular formula is C65H73N7O13. The minimum Gasteiger partial charge on any atom is -0.497 e. The number of aromatic nitrogens is 2. The fourth-order valence-corrected chi connectivity index (χ4v) is 10.7. The summed E-state index contributed by atoms with van der Waals surface area (Å²) in [5, 5.41) is 0. The van der Waals surface area contributed by atoms with Crippen LogP contribution < -0.4 is 18.9 Å². The van der Waals surface area contributed by atoms with Gasteiger partial charge in [0.05, 0.1) is 30.3 Å². The lowest BCUT2D eigenvalue weighted by molar-refractivity contribution is -0.126. The molecule has 0 spiro atoms. The number of aryl methyl sites for hydroxylation is 1. The van der Waals surface area contributed by atoms with Gasteiger partial charge in [-0.2, -0.15) is 0 Å². The average molecular weight is 1160 g/mol. The summed E-state index contributed by atoms with van der Waals surface area (Å²) in [6.07, 6.45) is 14.6. The molecule has 85 heavy (non-hydrogen) atoms. The van der Waals surface area contributed by atoms with Crippen molar-refractivity contribution in [3.63, 3.8) is 0 Å². The summed E-state index contributed by atoms with van der Waals surface area (Å²) in [6, 6.07) is 30.9. The molecule has 446 valence electrons. The first-order valence-corrected chi connectivity index (χ1v) is 28.9. The standard InChI is InChI=1S/C14H19NO2.C13H11N3O2.C13H17NO.C12H11NO4.C12H13NO3.CH2O/c1-17-11-12-6-5-7-13(10-12)14(16)15-8-3-2-4-9-15;17-13-8-6-9-10(15-4-3-14-9)7-11(8)18-12-2-1-5-16(12)13;1-11-5-7-12(8-6-11)13(15)14-9-3-2-4-10-14;14-11-2-1-5-13(11)12(15)8-3-4-9-10(6-8)17-7-16-9;1-16-10-6-4-9(5-7-10)12(15)13-8-2-3-11(13)14;1-2/h5-7,10H,2-4,8-9,11H2,1H3;3-4,6-7,12H,1-2,5H2;5-8H,2-4,9-10H2,1H3;3-4,6H,1-2,5,7H2;4-7H,2-3,8H2,1H3;1H2. The Morgan fingerprint density at radius 3 is 1.68 bits per heavy atom. The van der Waals surface area contributed by atoms with Crippen molar-refractivity contribution in [2.45, 2.75) is 96.8 Å². The third-order valence-electron chi connectivity index (χ3n) is 15.2. The Kier molecular flexibility index (Phi) is 22.2. The Balaban J connectivity index is 0.000000137. The second kappa shape index (κ2) is 30.5. The molecule has 20 heteroatoms. The topological polar surface area (TPSA) is 225 Å². The zero-order chi connectivity index (χ0) is 60.2. The van der Waals surface area contributed by atoms with Crippen LogP contribution in [0.1, 0.15) is 140 Å². The molecular weight excluding hydrogens is 1090 g/mol. The Hall–Kier alpha value is -9.04. The number of amides is 7. The van der Waals surface area contributed by atoms with Crippen molar-refractivity contribution >= 4 is 59.2 Å². The summed E-state index contributed by atoms with van der Waals surface area (Å²) in [7, 11) is 3.24. The van der Waals surface area contributed by atoms with E-state index in [1.165, 1.54) is 28.2 Å². The summed E-state index contributed by atoms with van der Waals surface area (Å²) in [5.74, 6) is 2.25. The Morgan fingerprint density at radius 1 is 0.553 bits per heavy atom. The van der Waals surface area contributed by atoms with Crippen LogP contribution in [0.5, 0.6) is 23.0 Å². The van der Waals surface area contributed by atoms with Gasteiger partial charge in [-0.25, -0.2) is 0 Å². The largest absolute Gasteiger partial charge is 0.497 e. The first-order chi connectivity index (χ1) is 41.4. The fourth-order valence-electron chi connectivity index (χ4n) is 10.7. The molecule has 7 amide bonds. The van der Waals surface area contributed by atoms with Crippen LogP contribution in [0.25, 0.3) is 11.0 Å². The number of imide groups is 2. The van der Waals surface area contributed by atoms with Crippen LogP contribution in [0.4, 0.5) is 0 Å². The first-order valence-electron chi connectivity index (χ1n) is 28.9. The van der Waals surface area contributed by atoms with E-state index in [4.69, 9.17) is 28.5 Å². The van der Waals surface area contributed by atoms with Gasteiger partial charge in [0.15, 0.2) is 17.7 Å². The van der Waals surface area contributed by atoms with E-state index in [0.29, 0.717) is 72.2 Å². The predicted octanol–water partition coefficient (Wildman–Crippen LogP) is 9.12. The van der Waals surface area contributed by atoms with Crippen LogP contribution >= 0.6 is 0 Å². The highest BCUT2D eigenvalue weighted by molar-refractivity contribution is 6.07. The lowest BCUT2D eigenvalue weighted by Gasteiger charge is -2.31. The number of carbonyl (C=O) groups is 8. The minimum atomic E-state index is -0.259. The smallest absolute Gasteiger partial charge is 0.260 e. The maximum atomic E-state index is 12.3. The molecule has 5 fully saturated rings. The van der Waals surface area contributed by atoms with Crippen molar-refractivity contribution in [2.24, 2.45) is 0 Å². The van der Waals surface area contributed by atoms with Gasteiger partial charge in [0.25, 0.3) is 29.5 Å². The zero-order valence-electron chi connectivity index (χ0n) is 48.5. The monoisotopic (exact) mass is 1160 g/mol. The van der Waals surface area contributed by atoms with Crippen LogP contribution in [0.2, 0.25) is 0 Å². The molecule has 0 N–H and O–H groups in total. The van der Waals surface area contributed by atoms with E-state index in [1.54, 1.807) is 80.0 Å². The van der Waals surface area contributed by atoms with Crippen LogP contribution in [0.3, 0.4) is 0 Å². The number of benzene rings is 5. The molecule has 6 aromatic rings. The van der Waals surface area contributed by atoms with Gasteiger partial charge in [-0.3, -0.25) is 53.3 Å². The number of piperidine rings is 2. The highest BCUT2D eigenvalue weighted by Gasteiger charge is 2.37. The van der Waals surface area contributed by atoms with Crippen LogP contribution in [0, 0.1) is 6.92 Å². The molecule has 1 atom stereocenters. The lowest BCUT2D eigenvalue weighted by atomic mass is 10.1. The molecule has 5 saturated heterocycles. The van der Waals surface area contributed by atoms with Gasteiger partial charge in [0.1, 0.15) is 18.3 Å². The van der Waals surface area contributed by atoms with Crippen molar-refractivity contribution in [1.82, 2.24) is 34.5 Å². The number of hydrogen-bond acceptors (Lipinski definition) is 15. The van der Waals surface area contributed by atoms with E-state index in [-0.39, 0.29) is 54.4 Å². The summed E-state index contributed by atoms with van der Waals surface area (Å²) >= 11 is 0. The number of ether oxygens (including phenoxy) is 5. The molecule has 0 saturated carbocycles. The Labute approximate surface area is 494 Å². The molecule has 20 nitrogen and oxygen atoms in total. The summed E-state index contributed by atoms with van der Waals surface area (Å²) in [4.78, 5) is 108. The molecule has 13 rings (SSSR count). The van der Waals surface area contributed by atoms with Gasteiger partial charge >= 0.3 is 0 Å². The molecule has 8 heterocycles. The van der Waals surface area contributed by atoms with Gasteiger partial charge < -0.3 is 43.2 Å². The lowest BCUT2D eigenvalue weighted by Crippen LogP contribution is -2.42. The van der Waals surface area contributed by atoms with E-state index < -0.39 is 0 Å². The van der Waals surface area contributed by atoms with Gasteiger partial charge in [-0.05, 0) is 143 Å². The number of nitrogens with zero attached hydrogens (tertiary/aromatic N) is 7. The molecule has 1 aromatic heterocycles.